The number of benzene rings is 1. The van der Waals surface area contributed by atoms with Crippen molar-refractivity contribution in [2.45, 2.75) is 32.2 Å². The SMILES string of the molecule is CC1CNNC1C1CCN(CCc2ccccc2)CC1. The van der Waals surface area contributed by atoms with Gasteiger partial charge in [0.15, 0.2) is 0 Å². The second kappa shape index (κ2) is 6.70. The van der Waals surface area contributed by atoms with Crippen LogP contribution in [-0.2, 0) is 6.42 Å². The van der Waals surface area contributed by atoms with Crippen LogP contribution in [0.3, 0.4) is 0 Å². The van der Waals surface area contributed by atoms with Crippen LogP contribution in [0.25, 0.3) is 0 Å². The van der Waals surface area contributed by atoms with E-state index in [9.17, 15) is 0 Å². The van der Waals surface area contributed by atoms with Crippen LogP contribution in [0.4, 0.5) is 0 Å². The van der Waals surface area contributed by atoms with Gasteiger partial charge in [-0.1, -0.05) is 37.3 Å². The van der Waals surface area contributed by atoms with Crippen LogP contribution < -0.4 is 10.9 Å². The molecule has 3 nitrogen and oxygen atoms in total. The first-order valence-electron chi connectivity index (χ1n) is 8.07. The maximum Gasteiger partial charge on any atom is 0.0280 e. The minimum absolute atomic E-state index is 0.686. The van der Waals surface area contributed by atoms with Crippen molar-refractivity contribution in [3.63, 3.8) is 0 Å². The molecule has 3 heteroatoms. The van der Waals surface area contributed by atoms with Crippen LogP contribution in [0.5, 0.6) is 0 Å². The van der Waals surface area contributed by atoms with Crippen molar-refractivity contribution in [2.24, 2.45) is 11.8 Å². The molecule has 2 fully saturated rings. The smallest absolute Gasteiger partial charge is 0.0280 e. The third kappa shape index (κ3) is 3.40. The molecule has 2 N–H and O–H groups in total. The van der Waals surface area contributed by atoms with Gasteiger partial charge in [0, 0.05) is 19.1 Å². The van der Waals surface area contributed by atoms with Gasteiger partial charge in [-0.25, -0.2) is 0 Å². The summed E-state index contributed by atoms with van der Waals surface area (Å²) in [4.78, 5) is 2.64. The molecule has 2 atom stereocenters. The van der Waals surface area contributed by atoms with E-state index in [1.165, 1.54) is 44.5 Å². The summed E-state index contributed by atoms with van der Waals surface area (Å²) in [5.41, 5.74) is 8.26. The maximum absolute atomic E-state index is 3.48. The first kappa shape index (κ1) is 14.1. The van der Waals surface area contributed by atoms with E-state index in [0.29, 0.717) is 6.04 Å². The van der Waals surface area contributed by atoms with Gasteiger partial charge in [-0.3, -0.25) is 10.9 Å². The van der Waals surface area contributed by atoms with E-state index in [0.717, 1.165) is 18.4 Å². The Kier molecular flexibility index (Phi) is 4.71. The first-order valence-corrected chi connectivity index (χ1v) is 8.07. The van der Waals surface area contributed by atoms with Crippen molar-refractivity contribution in [3.8, 4) is 0 Å². The highest BCUT2D eigenvalue weighted by Crippen LogP contribution is 2.26. The highest BCUT2D eigenvalue weighted by Gasteiger charge is 2.32. The third-order valence-corrected chi connectivity index (χ3v) is 5.01. The number of nitrogens with zero attached hydrogens (tertiary/aromatic N) is 1. The summed E-state index contributed by atoms with van der Waals surface area (Å²) < 4.78 is 0. The van der Waals surface area contributed by atoms with Crippen LogP contribution in [0, 0.1) is 11.8 Å². The second-order valence-electron chi connectivity index (χ2n) is 6.44. The van der Waals surface area contributed by atoms with E-state index in [-0.39, 0.29) is 0 Å². The van der Waals surface area contributed by atoms with E-state index in [1.807, 2.05) is 0 Å². The molecule has 0 spiro atoms. The predicted octanol–water partition coefficient (Wildman–Crippen LogP) is 2.05. The summed E-state index contributed by atoms with van der Waals surface area (Å²) in [6.07, 6.45) is 3.88. The average Bonchev–Trinajstić information content (AvgIpc) is 2.93. The molecular formula is C17H27N3. The van der Waals surface area contributed by atoms with Gasteiger partial charge in [0.05, 0.1) is 0 Å². The van der Waals surface area contributed by atoms with Gasteiger partial charge in [0.2, 0.25) is 0 Å². The Labute approximate surface area is 122 Å². The monoisotopic (exact) mass is 273 g/mol. The molecule has 0 saturated carbocycles. The minimum atomic E-state index is 0.686. The van der Waals surface area contributed by atoms with Gasteiger partial charge >= 0.3 is 0 Å². The lowest BCUT2D eigenvalue weighted by molar-refractivity contribution is 0.153. The molecule has 0 radical (unpaired) electrons. The normalized spacial score (nSPS) is 28.9. The van der Waals surface area contributed by atoms with E-state index in [1.54, 1.807) is 0 Å². The lowest BCUT2D eigenvalue weighted by atomic mass is 9.84. The van der Waals surface area contributed by atoms with E-state index in [2.05, 4.69) is 53.0 Å². The first-order chi connectivity index (χ1) is 9.83. The molecule has 20 heavy (non-hydrogen) atoms. The number of likely N-dealkylation sites (tertiary alicyclic amines) is 1. The van der Waals surface area contributed by atoms with Crippen LogP contribution in [0.1, 0.15) is 25.3 Å². The van der Waals surface area contributed by atoms with Crippen molar-refractivity contribution in [1.29, 1.82) is 0 Å². The lowest BCUT2D eigenvalue weighted by Crippen LogP contribution is -2.44. The highest BCUT2D eigenvalue weighted by atomic mass is 15.4. The summed E-state index contributed by atoms with van der Waals surface area (Å²) in [6.45, 7) is 7.23. The van der Waals surface area contributed by atoms with E-state index in [4.69, 9.17) is 0 Å². The van der Waals surface area contributed by atoms with Gasteiger partial charge in [-0.15, -0.1) is 0 Å². The molecule has 110 valence electrons. The number of hydrogen-bond donors (Lipinski definition) is 2. The van der Waals surface area contributed by atoms with Crippen LogP contribution in [0.15, 0.2) is 30.3 Å². The van der Waals surface area contributed by atoms with Crippen LogP contribution >= 0.6 is 0 Å². The average molecular weight is 273 g/mol. The maximum atomic E-state index is 3.48. The van der Waals surface area contributed by atoms with Crippen LogP contribution in [-0.4, -0.2) is 37.1 Å². The topological polar surface area (TPSA) is 27.3 Å². The van der Waals surface area contributed by atoms with E-state index < -0.39 is 0 Å². The largest absolute Gasteiger partial charge is 0.303 e. The molecule has 0 aromatic heterocycles. The molecule has 1 aromatic rings. The Morgan fingerprint density at radius 3 is 2.55 bits per heavy atom. The van der Waals surface area contributed by atoms with Crippen molar-refractivity contribution in [2.75, 3.05) is 26.2 Å². The molecule has 3 rings (SSSR count). The van der Waals surface area contributed by atoms with Crippen molar-refractivity contribution < 1.29 is 0 Å². The quantitative estimate of drug-likeness (QED) is 0.879. The Balaban J connectivity index is 1.42. The Morgan fingerprint density at radius 1 is 1.15 bits per heavy atom. The lowest BCUT2D eigenvalue weighted by Gasteiger charge is -2.35. The second-order valence-corrected chi connectivity index (χ2v) is 6.44. The molecule has 0 aliphatic carbocycles. The minimum Gasteiger partial charge on any atom is -0.303 e. The van der Waals surface area contributed by atoms with Gasteiger partial charge < -0.3 is 4.90 Å². The van der Waals surface area contributed by atoms with Crippen molar-refractivity contribution in [1.82, 2.24) is 15.8 Å². The fourth-order valence-corrected chi connectivity index (χ4v) is 3.66. The zero-order valence-electron chi connectivity index (χ0n) is 12.5. The Hall–Kier alpha value is -0.900. The van der Waals surface area contributed by atoms with Crippen molar-refractivity contribution in [3.05, 3.63) is 35.9 Å². The Morgan fingerprint density at radius 2 is 1.90 bits per heavy atom. The molecular weight excluding hydrogens is 246 g/mol. The number of nitrogens with one attached hydrogen (secondary N) is 2. The number of piperidine rings is 1. The van der Waals surface area contributed by atoms with Crippen molar-refractivity contribution >= 4 is 0 Å². The molecule has 0 amide bonds. The molecule has 2 aliphatic heterocycles. The van der Waals surface area contributed by atoms with Gasteiger partial charge in [-0.2, -0.15) is 0 Å². The number of hydrogen-bond acceptors (Lipinski definition) is 3. The molecule has 0 bridgehead atoms. The van der Waals surface area contributed by atoms with Gasteiger partial charge in [-0.05, 0) is 49.8 Å². The van der Waals surface area contributed by atoms with Crippen LogP contribution in [0.2, 0.25) is 0 Å². The number of rotatable bonds is 4. The van der Waals surface area contributed by atoms with E-state index >= 15 is 0 Å². The molecule has 2 saturated heterocycles. The summed E-state index contributed by atoms with van der Waals surface area (Å²) >= 11 is 0. The fraction of sp³-hybridized carbons (Fsp3) is 0.647. The molecule has 2 aliphatic rings. The Bertz CT molecular complexity index is 398. The molecule has 2 unspecified atom stereocenters. The summed E-state index contributed by atoms with van der Waals surface area (Å²) in [5.74, 6) is 1.63. The molecule has 2 heterocycles. The third-order valence-electron chi connectivity index (χ3n) is 5.01. The summed E-state index contributed by atoms with van der Waals surface area (Å²) in [5, 5.41) is 0. The summed E-state index contributed by atoms with van der Waals surface area (Å²) in [7, 11) is 0. The number of hydrazine groups is 1. The zero-order valence-corrected chi connectivity index (χ0v) is 12.5. The predicted molar refractivity (Wildman–Crippen MR) is 83.4 cm³/mol. The van der Waals surface area contributed by atoms with Gasteiger partial charge in [0.1, 0.15) is 0 Å². The standard InChI is InChI=1S/C17H27N3/c1-14-13-18-19-17(14)16-8-11-20(12-9-16)10-7-15-5-3-2-4-6-15/h2-6,14,16-19H,7-13H2,1H3. The van der Waals surface area contributed by atoms with Gasteiger partial charge in [0.25, 0.3) is 0 Å². The zero-order chi connectivity index (χ0) is 13.8. The highest BCUT2D eigenvalue weighted by molar-refractivity contribution is 5.14. The molecule has 1 aromatic carbocycles. The fourth-order valence-electron chi connectivity index (χ4n) is 3.66. The summed E-state index contributed by atoms with van der Waals surface area (Å²) in [6, 6.07) is 11.5.